The molecule has 0 radical (unpaired) electrons. The number of hydrogen-bond donors (Lipinski definition) is 1. The monoisotopic (exact) mass is 189 g/mol. The quantitative estimate of drug-likeness (QED) is 0.621. The third kappa shape index (κ3) is 1.41. The van der Waals surface area contributed by atoms with E-state index in [1.807, 2.05) is 0 Å². The molecule has 0 aliphatic carbocycles. The lowest BCUT2D eigenvalue weighted by molar-refractivity contribution is 0.431. The van der Waals surface area contributed by atoms with E-state index in [4.69, 9.17) is 15.0 Å². The van der Waals surface area contributed by atoms with Crippen molar-refractivity contribution in [2.45, 2.75) is 0 Å². The molecule has 0 saturated carbocycles. The topological polar surface area (TPSA) is 70.3 Å². The van der Waals surface area contributed by atoms with Gasteiger partial charge >= 0.3 is 7.12 Å². The smallest absolute Gasteiger partial charge is 0.520 e. The van der Waals surface area contributed by atoms with Gasteiger partial charge in [-0.05, 0) is 0 Å². The van der Waals surface area contributed by atoms with Gasteiger partial charge in [-0.15, -0.1) is 0 Å². The highest BCUT2D eigenvalue weighted by Gasteiger charge is 2.34. The van der Waals surface area contributed by atoms with Crippen LogP contribution in [0.2, 0.25) is 0 Å². The maximum atomic E-state index is 5.34. The van der Waals surface area contributed by atoms with Crippen molar-refractivity contribution >= 4 is 18.5 Å². The Bertz CT molecular complexity index is 374. The molecule has 2 heterocycles. The number of rotatable bonds is 1. The van der Waals surface area contributed by atoms with E-state index in [1.165, 1.54) is 0 Å². The van der Waals surface area contributed by atoms with E-state index in [0.29, 0.717) is 17.0 Å². The Labute approximate surface area is 81.4 Å². The van der Waals surface area contributed by atoms with Crippen molar-refractivity contribution in [3.8, 4) is 0 Å². The molecule has 2 rings (SSSR count). The zero-order valence-corrected chi connectivity index (χ0v) is 7.43. The lowest BCUT2D eigenvalue weighted by Crippen LogP contribution is -2.32. The van der Waals surface area contributed by atoms with Crippen molar-refractivity contribution in [3.05, 3.63) is 37.1 Å². The summed E-state index contributed by atoms with van der Waals surface area (Å²) in [7, 11) is -0.560. The molecular formula is C8H8BN3O2. The van der Waals surface area contributed by atoms with Crippen LogP contribution < -0.4 is 11.2 Å². The number of nitrogens with two attached hydrogens (primary N) is 1. The third-order valence-electron chi connectivity index (χ3n) is 1.77. The molecule has 0 amide bonds. The zero-order chi connectivity index (χ0) is 10.1. The Morgan fingerprint density at radius 2 is 1.64 bits per heavy atom. The molecule has 1 aliphatic heterocycles. The highest BCUT2D eigenvalue weighted by Crippen LogP contribution is 2.19. The molecule has 0 aromatic carbocycles. The van der Waals surface area contributed by atoms with E-state index in [9.17, 15) is 0 Å². The predicted octanol–water partition coefficient (Wildman–Crippen LogP) is -0.172. The molecule has 0 unspecified atom stereocenters. The van der Waals surface area contributed by atoms with Gasteiger partial charge in [-0.3, -0.25) is 0 Å². The molecule has 2 N–H and O–H groups in total. The summed E-state index contributed by atoms with van der Waals surface area (Å²) < 4.78 is 10.5. The van der Waals surface area contributed by atoms with E-state index >= 15 is 0 Å². The van der Waals surface area contributed by atoms with Crippen LogP contribution in [0.1, 0.15) is 0 Å². The SMILES string of the molecule is C=C1OB(c2cnc(N)nc2)OC1=C. The summed E-state index contributed by atoms with van der Waals surface area (Å²) in [6, 6.07) is 0. The van der Waals surface area contributed by atoms with E-state index in [0.717, 1.165) is 0 Å². The second-order valence-electron chi connectivity index (χ2n) is 2.79. The summed E-state index contributed by atoms with van der Waals surface area (Å²) in [5.41, 5.74) is 6.02. The minimum Gasteiger partial charge on any atom is -0.520 e. The van der Waals surface area contributed by atoms with Crippen LogP contribution in [0.4, 0.5) is 5.95 Å². The number of hydrogen-bond acceptors (Lipinski definition) is 5. The van der Waals surface area contributed by atoms with Gasteiger partial charge in [0.1, 0.15) is 11.5 Å². The highest BCUT2D eigenvalue weighted by molar-refractivity contribution is 6.62. The third-order valence-corrected chi connectivity index (χ3v) is 1.77. The summed E-state index contributed by atoms with van der Waals surface area (Å²) in [6.07, 6.45) is 3.08. The summed E-state index contributed by atoms with van der Waals surface area (Å²) >= 11 is 0. The lowest BCUT2D eigenvalue weighted by Gasteiger charge is -2.02. The Morgan fingerprint density at radius 3 is 2.14 bits per heavy atom. The Morgan fingerprint density at radius 1 is 1.14 bits per heavy atom. The van der Waals surface area contributed by atoms with Crippen LogP contribution in [0.5, 0.6) is 0 Å². The minimum atomic E-state index is -0.560. The van der Waals surface area contributed by atoms with Gasteiger partial charge in [-0.2, -0.15) is 0 Å². The van der Waals surface area contributed by atoms with Gasteiger partial charge in [-0.25, -0.2) is 9.97 Å². The van der Waals surface area contributed by atoms with Gasteiger partial charge in [0.25, 0.3) is 0 Å². The molecule has 1 saturated heterocycles. The molecule has 0 spiro atoms. The van der Waals surface area contributed by atoms with Crippen molar-refractivity contribution < 1.29 is 9.31 Å². The fourth-order valence-corrected chi connectivity index (χ4v) is 1.02. The van der Waals surface area contributed by atoms with Crippen molar-refractivity contribution in [1.29, 1.82) is 0 Å². The second-order valence-corrected chi connectivity index (χ2v) is 2.79. The summed E-state index contributed by atoms with van der Waals surface area (Å²) in [5.74, 6) is 1.06. The summed E-state index contributed by atoms with van der Waals surface area (Å²) in [5, 5.41) is 0. The molecule has 1 aromatic rings. The van der Waals surface area contributed by atoms with Gasteiger partial charge < -0.3 is 15.0 Å². The van der Waals surface area contributed by atoms with Crippen LogP contribution in [0.3, 0.4) is 0 Å². The molecule has 6 heteroatoms. The van der Waals surface area contributed by atoms with Gasteiger partial charge in [0.05, 0.1) is 0 Å². The van der Waals surface area contributed by atoms with Crippen LogP contribution in [-0.2, 0) is 9.31 Å². The van der Waals surface area contributed by atoms with Crippen LogP contribution in [-0.4, -0.2) is 17.1 Å². The molecule has 0 bridgehead atoms. The van der Waals surface area contributed by atoms with Crippen molar-refractivity contribution in [1.82, 2.24) is 9.97 Å². The first-order chi connectivity index (χ1) is 6.66. The van der Waals surface area contributed by atoms with Gasteiger partial charge in [-0.1, -0.05) is 13.2 Å². The molecule has 5 nitrogen and oxygen atoms in total. The number of aromatic nitrogens is 2. The van der Waals surface area contributed by atoms with Crippen molar-refractivity contribution in [2.24, 2.45) is 0 Å². The van der Waals surface area contributed by atoms with Crippen molar-refractivity contribution in [2.75, 3.05) is 5.73 Å². The van der Waals surface area contributed by atoms with E-state index in [1.54, 1.807) is 12.4 Å². The van der Waals surface area contributed by atoms with Crippen LogP contribution in [0, 0.1) is 0 Å². The van der Waals surface area contributed by atoms with Gasteiger partial charge in [0.15, 0.2) is 0 Å². The maximum Gasteiger partial charge on any atom is 0.636 e. The number of nitrogens with zero attached hydrogens (tertiary/aromatic N) is 2. The Hall–Kier alpha value is -1.98. The average Bonchev–Trinajstić information content (AvgIpc) is 2.48. The first kappa shape index (κ1) is 8.62. The van der Waals surface area contributed by atoms with Crippen LogP contribution in [0.25, 0.3) is 0 Å². The second kappa shape index (κ2) is 3.06. The predicted molar refractivity (Wildman–Crippen MR) is 52.3 cm³/mol. The van der Waals surface area contributed by atoms with Gasteiger partial charge in [0, 0.05) is 17.9 Å². The van der Waals surface area contributed by atoms with Crippen LogP contribution >= 0.6 is 0 Å². The molecular weight excluding hydrogens is 181 g/mol. The number of nitrogen functional groups attached to an aromatic ring is 1. The molecule has 14 heavy (non-hydrogen) atoms. The van der Waals surface area contributed by atoms with E-state index < -0.39 is 7.12 Å². The highest BCUT2D eigenvalue weighted by atomic mass is 16.6. The Balaban J connectivity index is 2.21. The van der Waals surface area contributed by atoms with Crippen LogP contribution in [0.15, 0.2) is 37.1 Å². The maximum absolute atomic E-state index is 5.34. The standard InChI is InChI=1S/C8H8BN3O2/c1-5-6(2)14-9(13-5)7-3-11-8(10)12-4-7/h3-4H,1-2H2,(H2,10,11,12). The first-order valence-corrected chi connectivity index (χ1v) is 3.96. The summed E-state index contributed by atoms with van der Waals surface area (Å²) in [4.78, 5) is 7.64. The minimum absolute atomic E-state index is 0.212. The lowest BCUT2D eigenvalue weighted by atomic mass is 9.82. The number of anilines is 1. The fourth-order valence-electron chi connectivity index (χ4n) is 1.02. The Kier molecular flexibility index (Phi) is 1.88. The van der Waals surface area contributed by atoms with E-state index in [2.05, 4.69) is 23.1 Å². The largest absolute Gasteiger partial charge is 0.636 e. The molecule has 1 aromatic heterocycles. The molecule has 1 aliphatic rings. The molecule has 0 atom stereocenters. The van der Waals surface area contributed by atoms with Gasteiger partial charge in [0.2, 0.25) is 5.95 Å². The zero-order valence-electron chi connectivity index (χ0n) is 7.43. The summed E-state index contributed by atoms with van der Waals surface area (Å²) in [6.45, 7) is 7.23. The van der Waals surface area contributed by atoms with Crippen molar-refractivity contribution in [3.63, 3.8) is 0 Å². The first-order valence-electron chi connectivity index (χ1n) is 3.96. The molecule has 70 valence electrons. The van der Waals surface area contributed by atoms with E-state index in [-0.39, 0.29) is 5.95 Å². The average molecular weight is 189 g/mol. The fraction of sp³-hybridized carbons (Fsp3) is 0. The molecule has 1 fully saturated rings. The normalized spacial score (nSPS) is 15.3.